The second-order valence-corrected chi connectivity index (χ2v) is 6.61. The molecule has 4 rings (SSSR count). The van der Waals surface area contributed by atoms with E-state index in [-0.39, 0.29) is 0 Å². The van der Waals surface area contributed by atoms with Crippen molar-refractivity contribution < 1.29 is 4.74 Å². The summed E-state index contributed by atoms with van der Waals surface area (Å²) < 4.78 is 7.85. The summed E-state index contributed by atoms with van der Waals surface area (Å²) in [6, 6.07) is 11.4. The van der Waals surface area contributed by atoms with E-state index >= 15 is 0 Å². The van der Waals surface area contributed by atoms with Gasteiger partial charge in [-0.25, -0.2) is 4.68 Å². The maximum atomic E-state index is 5.85. The van der Waals surface area contributed by atoms with Crippen molar-refractivity contribution in [3.63, 3.8) is 0 Å². The molecule has 0 amide bonds. The molecule has 0 unspecified atom stereocenters. The highest BCUT2D eigenvalue weighted by Crippen LogP contribution is 2.21. The zero-order valence-corrected chi connectivity index (χ0v) is 13.8. The molecule has 122 valence electrons. The number of nitrogens with one attached hydrogen (secondary N) is 1. The second-order valence-electron chi connectivity index (χ2n) is 6.61. The smallest absolute Gasteiger partial charge is 0.0867 e. The van der Waals surface area contributed by atoms with Gasteiger partial charge in [-0.05, 0) is 37.6 Å². The first-order valence-electron chi connectivity index (χ1n) is 8.40. The molecular weight excluding hydrogens is 288 g/mol. The average Bonchev–Trinajstić information content (AvgIpc) is 3.15. The standard InChI is InChI=1S/C18H24N4O/c1-13-9-14(2)22(20-13)16-5-3-15(4-6-16)12-21-7-8-23-18-11-19-10-17(18)21/h3-6,9,17-19H,7-8,10-12H2,1-2H3/t17-,18+/m1/s1. The highest BCUT2D eigenvalue weighted by molar-refractivity contribution is 5.36. The first-order valence-corrected chi connectivity index (χ1v) is 8.40. The van der Waals surface area contributed by atoms with Crippen molar-refractivity contribution in [3.05, 3.63) is 47.3 Å². The quantitative estimate of drug-likeness (QED) is 0.936. The summed E-state index contributed by atoms with van der Waals surface area (Å²) in [4.78, 5) is 2.55. The lowest BCUT2D eigenvalue weighted by Gasteiger charge is -2.37. The molecule has 2 aromatic rings. The van der Waals surface area contributed by atoms with Crippen molar-refractivity contribution in [1.29, 1.82) is 0 Å². The molecule has 0 radical (unpaired) electrons. The summed E-state index contributed by atoms with van der Waals surface area (Å²) in [5.74, 6) is 0. The minimum atomic E-state index is 0.359. The average molecular weight is 312 g/mol. The molecule has 0 spiro atoms. The molecule has 2 aliphatic heterocycles. The molecule has 5 heteroatoms. The van der Waals surface area contributed by atoms with Crippen LogP contribution in [0.1, 0.15) is 17.0 Å². The Bertz CT molecular complexity index is 679. The van der Waals surface area contributed by atoms with E-state index in [2.05, 4.69) is 52.6 Å². The van der Waals surface area contributed by atoms with Crippen molar-refractivity contribution >= 4 is 0 Å². The Balaban J connectivity index is 1.49. The van der Waals surface area contributed by atoms with Gasteiger partial charge in [0.2, 0.25) is 0 Å². The molecule has 2 atom stereocenters. The van der Waals surface area contributed by atoms with Crippen LogP contribution in [0.3, 0.4) is 0 Å². The maximum Gasteiger partial charge on any atom is 0.0867 e. The zero-order valence-electron chi connectivity index (χ0n) is 13.8. The van der Waals surface area contributed by atoms with Crippen LogP contribution in [0.25, 0.3) is 5.69 Å². The highest BCUT2D eigenvalue weighted by Gasteiger charge is 2.35. The van der Waals surface area contributed by atoms with Crippen molar-refractivity contribution in [3.8, 4) is 5.69 Å². The lowest BCUT2D eigenvalue weighted by Crippen LogP contribution is -2.50. The van der Waals surface area contributed by atoms with Gasteiger partial charge in [-0.2, -0.15) is 5.10 Å². The van der Waals surface area contributed by atoms with Crippen molar-refractivity contribution in [2.45, 2.75) is 32.5 Å². The van der Waals surface area contributed by atoms with Crippen molar-refractivity contribution in [1.82, 2.24) is 20.0 Å². The first-order chi connectivity index (χ1) is 11.2. The van der Waals surface area contributed by atoms with Gasteiger partial charge in [0.25, 0.3) is 0 Å². The molecule has 2 saturated heterocycles. The minimum absolute atomic E-state index is 0.359. The van der Waals surface area contributed by atoms with E-state index in [1.54, 1.807) is 0 Å². The molecule has 2 fully saturated rings. The lowest BCUT2D eigenvalue weighted by molar-refractivity contribution is -0.0500. The van der Waals surface area contributed by atoms with Gasteiger partial charge < -0.3 is 10.1 Å². The van der Waals surface area contributed by atoms with E-state index in [9.17, 15) is 0 Å². The van der Waals surface area contributed by atoms with Gasteiger partial charge in [-0.15, -0.1) is 0 Å². The number of morpholine rings is 1. The fraction of sp³-hybridized carbons (Fsp3) is 0.500. The van der Waals surface area contributed by atoms with Gasteiger partial charge in [0, 0.05) is 37.9 Å². The zero-order chi connectivity index (χ0) is 15.8. The summed E-state index contributed by atoms with van der Waals surface area (Å²) in [6.07, 6.45) is 0.359. The Morgan fingerprint density at radius 2 is 2.04 bits per heavy atom. The largest absolute Gasteiger partial charge is 0.374 e. The third kappa shape index (κ3) is 2.92. The predicted molar refractivity (Wildman–Crippen MR) is 89.8 cm³/mol. The number of hydrogen-bond donors (Lipinski definition) is 1. The Labute approximate surface area is 137 Å². The summed E-state index contributed by atoms with van der Waals surface area (Å²) in [6.45, 7) is 8.99. The minimum Gasteiger partial charge on any atom is -0.374 e. The number of aromatic nitrogens is 2. The SMILES string of the molecule is Cc1cc(C)n(-c2ccc(CN3CCO[C@H]4CNC[C@H]43)cc2)n1. The molecular formula is C18H24N4O. The second kappa shape index (κ2) is 6.07. The molecule has 0 saturated carbocycles. The van der Waals surface area contributed by atoms with Crippen LogP contribution in [0.4, 0.5) is 0 Å². The van der Waals surface area contributed by atoms with Gasteiger partial charge in [0.15, 0.2) is 0 Å². The third-order valence-electron chi connectivity index (χ3n) is 4.88. The Morgan fingerprint density at radius 1 is 1.22 bits per heavy atom. The predicted octanol–water partition coefficient (Wildman–Crippen LogP) is 1.66. The number of rotatable bonds is 3. The monoisotopic (exact) mass is 312 g/mol. The summed E-state index contributed by atoms with van der Waals surface area (Å²) >= 11 is 0. The van der Waals surface area contributed by atoms with Crippen LogP contribution in [-0.4, -0.2) is 53.1 Å². The Kier molecular flexibility index (Phi) is 3.93. The fourth-order valence-electron chi connectivity index (χ4n) is 3.73. The molecule has 2 aliphatic rings. The number of hydrogen-bond acceptors (Lipinski definition) is 4. The number of aryl methyl sites for hydroxylation is 2. The van der Waals surface area contributed by atoms with Gasteiger partial charge in [0.1, 0.15) is 0 Å². The van der Waals surface area contributed by atoms with Crippen LogP contribution in [0.2, 0.25) is 0 Å². The Morgan fingerprint density at radius 3 is 2.78 bits per heavy atom. The first kappa shape index (κ1) is 14.9. The van der Waals surface area contributed by atoms with Crippen LogP contribution >= 0.6 is 0 Å². The van der Waals surface area contributed by atoms with Crippen LogP contribution in [0, 0.1) is 13.8 Å². The van der Waals surface area contributed by atoms with Gasteiger partial charge in [0.05, 0.1) is 24.1 Å². The lowest BCUT2D eigenvalue weighted by atomic mass is 10.1. The number of ether oxygens (including phenoxy) is 1. The van der Waals surface area contributed by atoms with Gasteiger partial charge >= 0.3 is 0 Å². The number of fused-ring (bicyclic) bond motifs is 1. The third-order valence-corrected chi connectivity index (χ3v) is 4.88. The van der Waals surface area contributed by atoms with E-state index in [0.29, 0.717) is 12.1 Å². The normalized spacial score (nSPS) is 24.8. The van der Waals surface area contributed by atoms with E-state index in [4.69, 9.17) is 4.74 Å². The summed E-state index contributed by atoms with van der Waals surface area (Å²) in [7, 11) is 0. The Hall–Kier alpha value is -1.69. The summed E-state index contributed by atoms with van der Waals surface area (Å²) in [5, 5.41) is 7.99. The molecule has 1 N–H and O–H groups in total. The van der Waals surface area contributed by atoms with Crippen molar-refractivity contribution in [2.24, 2.45) is 0 Å². The summed E-state index contributed by atoms with van der Waals surface area (Å²) in [5.41, 5.74) is 4.70. The molecule has 0 aliphatic carbocycles. The fourth-order valence-corrected chi connectivity index (χ4v) is 3.73. The molecule has 23 heavy (non-hydrogen) atoms. The molecule has 5 nitrogen and oxygen atoms in total. The van der Waals surface area contributed by atoms with Crippen molar-refractivity contribution in [2.75, 3.05) is 26.2 Å². The maximum absolute atomic E-state index is 5.85. The molecule has 1 aromatic heterocycles. The molecule has 1 aromatic carbocycles. The topological polar surface area (TPSA) is 42.3 Å². The van der Waals surface area contributed by atoms with E-state index in [1.165, 1.54) is 11.3 Å². The van der Waals surface area contributed by atoms with E-state index in [0.717, 1.165) is 44.2 Å². The number of benzene rings is 1. The molecule has 3 heterocycles. The van der Waals surface area contributed by atoms with E-state index < -0.39 is 0 Å². The van der Waals surface area contributed by atoms with Crippen LogP contribution in [0.5, 0.6) is 0 Å². The number of nitrogens with zero attached hydrogens (tertiary/aromatic N) is 3. The van der Waals surface area contributed by atoms with Gasteiger partial charge in [-0.3, -0.25) is 4.90 Å². The van der Waals surface area contributed by atoms with E-state index in [1.807, 2.05) is 11.6 Å². The molecule has 0 bridgehead atoms. The van der Waals surface area contributed by atoms with Gasteiger partial charge in [-0.1, -0.05) is 12.1 Å². The van der Waals surface area contributed by atoms with Crippen LogP contribution in [0.15, 0.2) is 30.3 Å². The van der Waals surface area contributed by atoms with Crippen LogP contribution < -0.4 is 5.32 Å². The van der Waals surface area contributed by atoms with Crippen LogP contribution in [-0.2, 0) is 11.3 Å². The highest BCUT2D eigenvalue weighted by atomic mass is 16.5.